The third-order valence-corrected chi connectivity index (χ3v) is 3.65. The van der Waals surface area contributed by atoms with Gasteiger partial charge in [-0.15, -0.1) is 0 Å². The normalized spacial score (nSPS) is 31.5. The van der Waals surface area contributed by atoms with Gasteiger partial charge in [-0.05, 0) is 31.7 Å². The van der Waals surface area contributed by atoms with Crippen LogP contribution >= 0.6 is 0 Å². The molecule has 2 unspecified atom stereocenters. The highest BCUT2D eigenvalue weighted by Crippen LogP contribution is 2.37. The van der Waals surface area contributed by atoms with Crippen molar-refractivity contribution in [3.05, 3.63) is 29.8 Å². The molecule has 0 radical (unpaired) electrons. The van der Waals surface area contributed by atoms with Gasteiger partial charge in [0.25, 0.3) is 0 Å². The van der Waals surface area contributed by atoms with E-state index in [9.17, 15) is 9.18 Å². The maximum absolute atomic E-state index is 13.0. The van der Waals surface area contributed by atoms with Crippen molar-refractivity contribution < 1.29 is 13.9 Å². The van der Waals surface area contributed by atoms with Gasteiger partial charge in [0.2, 0.25) is 0 Å². The summed E-state index contributed by atoms with van der Waals surface area (Å²) in [5, 5.41) is 0. The van der Waals surface area contributed by atoms with Gasteiger partial charge < -0.3 is 4.74 Å². The van der Waals surface area contributed by atoms with Crippen LogP contribution in [-0.2, 0) is 4.74 Å². The molecule has 0 aliphatic carbocycles. The number of ether oxygens (including phenoxy) is 1. The van der Waals surface area contributed by atoms with Crippen LogP contribution in [0.1, 0.15) is 36.0 Å². The number of rotatable bonds is 2. The van der Waals surface area contributed by atoms with E-state index in [2.05, 4.69) is 4.98 Å². The van der Waals surface area contributed by atoms with Crippen LogP contribution in [0.25, 0.3) is 0 Å². The topological polar surface area (TPSA) is 39.2 Å². The Kier molecular flexibility index (Phi) is 2.67. The van der Waals surface area contributed by atoms with E-state index >= 15 is 0 Å². The Morgan fingerprint density at radius 3 is 2.65 bits per heavy atom. The molecule has 2 aliphatic heterocycles. The van der Waals surface area contributed by atoms with Crippen molar-refractivity contribution in [3.8, 4) is 0 Å². The third kappa shape index (κ3) is 2.09. The Morgan fingerprint density at radius 2 is 2.00 bits per heavy atom. The lowest BCUT2D eigenvalue weighted by Crippen LogP contribution is -2.30. The first kappa shape index (κ1) is 10.8. The number of aromatic nitrogens is 1. The van der Waals surface area contributed by atoms with E-state index in [4.69, 9.17) is 4.74 Å². The largest absolute Gasteiger partial charge is 0.375 e. The number of hydrogen-bond donors (Lipinski definition) is 0. The number of carbonyl (C=O) groups is 1. The molecule has 17 heavy (non-hydrogen) atoms. The smallest absolute Gasteiger partial charge is 0.167 e. The zero-order chi connectivity index (χ0) is 11.8. The number of hydrogen-bond acceptors (Lipinski definition) is 3. The molecule has 1 aromatic rings. The van der Waals surface area contributed by atoms with E-state index < -0.39 is 5.82 Å². The Bertz CT molecular complexity index is 437. The van der Waals surface area contributed by atoms with Gasteiger partial charge in [0.05, 0.1) is 18.4 Å². The van der Waals surface area contributed by atoms with Crippen molar-refractivity contribution >= 4 is 5.78 Å². The monoisotopic (exact) mass is 235 g/mol. The number of Topliss-reactive ketones (excluding diaryl/α,β-unsaturated/α-hetero) is 1. The molecule has 2 fully saturated rings. The van der Waals surface area contributed by atoms with Crippen molar-refractivity contribution in [3.63, 3.8) is 0 Å². The minimum absolute atomic E-state index is 0.0113. The maximum atomic E-state index is 13.0. The summed E-state index contributed by atoms with van der Waals surface area (Å²) in [6, 6.07) is 1.27. The molecule has 2 aliphatic rings. The van der Waals surface area contributed by atoms with Gasteiger partial charge in [-0.1, -0.05) is 0 Å². The third-order valence-electron chi connectivity index (χ3n) is 3.65. The Labute approximate surface area is 99.0 Å². The van der Waals surface area contributed by atoms with Crippen LogP contribution in [0.3, 0.4) is 0 Å². The average molecular weight is 235 g/mol. The zero-order valence-corrected chi connectivity index (χ0v) is 9.43. The predicted octanol–water partition coefficient (Wildman–Crippen LogP) is 2.36. The highest BCUT2D eigenvalue weighted by atomic mass is 19.1. The highest BCUT2D eigenvalue weighted by Gasteiger charge is 2.38. The van der Waals surface area contributed by atoms with Crippen LogP contribution < -0.4 is 0 Å². The number of nitrogens with zero attached hydrogens (tertiary/aromatic N) is 1. The molecular weight excluding hydrogens is 221 g/mol. The second-order valence-electron chi connectivity index (χ2n) is 4.88. The van der Waals surface area contributed by atoms with Gasteiger partial charge in [-0.25, -0.2) is 4.39 Å². The Balaban J connectivity index is 1.78. The van der Waals surface area contributed by atoms with Gasteiger partial charge >= 0.3 is 0 Å². The predicted molar refractivity (Wildman–Crippen MR) is 59.1 cm³/mol. The number of carbonyl (C=O) groups excluding carboxylic acids is 1. The summed E-state index contributed by atoms with van der Waals surface area (Å²) < 4.78 is 18.7. The van der Waals surface area contributed by atoms with Crippen molar-refractivity contribution in [2.24, 2.45) is 5.92 Å². The lowest BCUT2D eigenvalue weighted by Gasteiger charge is -2.27. The van der Waals surface area contributed by atoms with Crippen molar-refractivity contribution in [2.45, 2.75) is 37.9 Å². The number of fused-ring (bicyclic) bond motifs is 2. The SMILES string of the molecule is O=C(c1cncc(F)c1)C1CC2CCC(C1)O2. The van der Waals surface area contributed by atoms with E-state index in [0.717, 1.165) is 31.9 Å². The number of pyridine rings is 1. The fraction of sp³-hybridized carbons (Fsp3) is 0.538. The molecular formula is C13H14FNO2. The number of halogens is 1. The van der Waals surface area contributed by atoms with Crippen LogP contribution in [0, 0.1) is 11.7 Å². The summed E-state index contributed by atoms with van der Waals surface area (Å²) in [5.41, 5.74) is 0.385. The molecule has 2 saturated heterocycles. The molecule has 90 valence electrons. The maximum Gasteiger partial charge on any atom is 0.167 e. The second-order valence-corrected chi connectivity index (χ2v) is 4.88. The quantitative estimate of drug-likeness (QED) is 0.739. The van der Waals surface area contributed by atoms with Crippen LogP contribution in [-0.4, -0.2) is 23.0 Å². The first-order valence-electron chi connectivity index (χ1n) is 6.02. The van der Waals surface area contributed by atoms with Crippen molar-refractivity contribution in [1.82, 2.24) is 4.98 Å². The van der Waals surface area contributed by atoms with E-state index in [1.165, 1.54) is 12.3 Å². The highest BCUT2D eigenvalue weighted by molar-refractivity contribution is 5.97. The molecule has 0 aromatic carbocycles. The summed E-state index contributed by atoms with van der Waals surface area (Å²) in [7, 11) is 0. The van der Waals surface area contributed by atoms with Crippen LogP contribution in [0.4, 0.5) is 4.39 Å². The molecule has 3 heterocycles. The van der Waals surface area contributed by atoms with E-state index in [1.807, 2.05) is 0 Å². The standard InChI is InChI=1S/C13H14FNO2/c14-10-3-9(6-15-7-10)13(16)8-4-11-1-2-12(5-8)17-11/h3,6-8,11-12H,1-2,4-5H2. The minimum atomic E-state index is -0.453. The minimum Gasteiger partial charge on any atom is -0.375 e. The summed E-state index contributed by atoms with van der Waals surface area (Å²) in [5.74, 6) is -0.465. The molecule has 2 bridgehead atoms. The molecule has 0 amide bonds. The molecule has 2 atom stereocenters. The molecule has 4 heteroatoms. The second kappa shape index (κ2) is 4.18. The summed E-state index contributed by atoms with van der Waals surface area (Å²) in [6.07, 6.45) is 6.66. The van der Waals surface area contributed by atoms with Gasteiger partial charge in [0.1, 0.15) is 5.82 Å². The Morgan fingerprint density at radius 1 is 1.29 bits per heavy atom. The summed E-state index contributed by atoms with van der Waals surface area (Å²) in [6.45, 7) is 0. The van der Waals surface area contributed by atoms with Crippen LogP contribution in [0.5, 0.6) is 0 Å². The molecule has 3 nitrogen and oxygen atoms in total. The van der Waals surface area contributed by atoms with Gasteiger partial charge in [0, 0.05) is 17.7 Å². The van der Waals surface area contributed by atoms with Crippen molar-refractivity contribution in [1.29, 1.82) is 0 Å². The lowest BCUT2D eigenvalue weighted by atomic mass is 9.88. The van der Waals surface area contributed by atoms with E-state index in [0.29, 0.717) is 5.56 Å². The summed E-state index contributed by atoms with van der Waals surface area (Å²) in [4.78, 5) is 15.9. The lowest BCUT2D eigenvalue weighted by molar-refractivity contribution is -0.0149. The van der Waals surface area contributed by atoms with E-state index in [1.54, 1.807) is 0 Å². The Hall–Kier alpha value is -1.29. The van der Waals surface area contributed by atoms with Gasteiger partial charge in [-0.2, -0.15) is 0 Å². The van der Waals surface area contributed by atoms with E-state index in [-0.39, 0.29) is 23.9 Å². The average Bonchev–Trinajstić information content (AvgIpc) is 2.67. The van der Waals surface area contributed by atoms with Crippen LogP contribution in [0.15, 0.2) is 18.5 Å². The molecule has 0 N–H and O–H groups in total. The van der Waals surface area contributed by atoms with Crippen molar-refractivity contribution in [2.75, 3.05) is 0 Å². The van der Waals surface area contributed by atoms with Crippen LogP contribution in [0.2, 0.25) is 0 Å². The number of ketones is 1. The van der Waals surface area contributed by atoms with Gasteiger partial charge in [-0.3, -0.25) is 9.78 Å². The molecule has 3 rings (SSSR count). The summed E-state index contributed by atoms with van der Waals surface area (Å²) >= 11 is 0. The molecule has 0 saturated carbocycles. The molecule has 1 aromatic heterocycles. The first-order chi connectivity index (χ1) is 8.22. The van der Waals surface area contributed by atoms with Gasteiger partial charge in [0.15, 0.2) is 5.78 Å². The fourth-order valence-electron chi connectivity index (χ4n) is 2.85. The fourth-order valence-corrected chi connectivity index (χ4v) is 2.85. The first-order valence-corrected chi connectivity index (χ1v) is 6.02. The molecule has 0 spiro atoms. The zero-order valence-electron chi connectivity index (χ0n) is 9.43.